The summed E-state index contributed by atoms with van der Waals surface area (Å²) in [5.41, 5.74) is 2.74. The molecule has 3 unspecified atom stereocenters. The van der Waals surface area contributed by atoms with Gasteiger partial charge in [0.2, 0.25) is 6.54 Å². The highest BCUT2D eigenvalue weighted by Gasteiger charge is 2.58. The van der Waals surface area contributed by atoms with Crippen molar-refractivity contribution in [2.45, 2.75) is 111 Å². The summed E-state index contributed by atoms with van der Waals surface area (Å²) in [6, 6.07) is 0. The van der Waals surface area contributed by atoms with Crippen molar-refractivity contribution in [2.75, 3.05) is 13.2 Å². The molecule has 0 amide bonds. The first-order valence-electron chi connectivity index (χ1n) is 13.5. The Morgan fingerprint density at radius 2 is 1.94 bits per heavy atom. The smallest absolute Gasteiger partial charge is 0.237 e. The molecule has 4 aliphatic rings. The van der Waals surface area contributed by atoms with Gasteiger partial charge >= 0.3 is 0 Å². The number of ether oxygens (including phenoxy) is 1. The monoisotopic (exact) mass is 425 g/mol. The van der Waals surface area contributed by atoms with Gasteiger partial charge in [-0.2, -0.15) is 0 Å². The van der Waals surface area contributed by atoms with Gasteiger partial charge in [-0.05, 0) is 98.2 Å². The highest BCUT2D eigenvalue weighted by molar-refractivity contribution is 5.25. The third kappa shape index (κ3) is 4.51. The highest BCUT2D eigenvalue weighted by Crippen LogP contribution is 2.66. The molecule has 31 heavy (non-hydrogen) atoms. The summed E-state index contributed by atoms with van der Waals surface area (Å²) in [7, 11) is 0. The van der Waals surface area contributed by atoms with Crippen LogP contribution in [0.4, 0.5) is 0 Å². The van der Waals surface area contributed by atoms with Gasteiger partial charge in [-0.25, -0.2) is 6.57 Å². The standard InChI is InChI=1S/C29H47NO/c1-21(2)8-6-7-9-22-11-13-26-25-12-10-23-20-24(31-19-18-30-5)14-16-29(23,4)27(25)15-17-28(22,26)3/h10,21-22,24-27H,6-9,11-20H2,1-4H3/t22-,24-,25?,26?,27?,28+,29-/m0/s1. The van der Waals surface area contributed by atoms with Crippen molar-refractivity contribution < 1.29 is 4.74 Å². The van der Waals surface area contributed by atoms with Crippen LogP contribution in [0.25, 0.3) is 4.85 Å². The van der Waals surface area contributed by atoms with Crippen LogP contribution in [0.3, 0.4) is 0 Å². The van der Waals surface area contributed by atoms with Crippen molar-refractivity contribution in [3.63, 3.8) is 0 Å². The Balaban J connectivity index is 1.40. The Hall–Kier alpha value is -0.810. The Labute approximate surface area is 192 Å². The van der Waals surface area contributed by atoms with Gasteiger partial charge in [-0.15, -0.1) is 0 Å². The largest absolute Gasteiger partial charge is 0.370 e. The minimum atomic E-state index is 0.355. The number of hydrogen-bond acceptors (Lipinski definition) is 1. The molecule has 174 valence electrons. The van der Waals surface area contributed by atoms with E-state index in [1.165, 1.54) is 70.6 Å². The van der Waals surface area contributed by atoms with Crippen LogP contribution in [0.5, 0.6) is 0 Å². The molecule has 2 heteroatoms. The lowest BCUT2D eigenvalue weighted by Crippen LogP contribution is -2.50. The minimum Gasteiger partial charge on any atom is -0.370 e. The maximum Gasteiger partial charge on any atom is 0.237 e. The summed E-state index contributed by atoms with van der Waals surface area (Å²) in [4.78, 5) is 3.45. The predicted octanol–water partition coefficient (Wildman–Crippen LogP) is 8.09. The molecule has 0 bridgehead atoms. The summed E-state index contributed by atoms with van der Waals surface area (Å²) in [6.45, 7) is 18.1. The Bertz CT molecular complexity index is 689. The van der Waals surface area contributed by atoms with E-state index in [0.717, 1.165) is 36.0 Å². The van der Waals surface area contributed by atoms with Gasteiger partial charge in [-0.1, -0.05) is 58.6 Å². The van der Waals surface area contributed by atoms with E-state index >= 15 is 0 Å². The summed E-state index contributed by atoms with van der Waals surface area (Å²) in [5.74, 6) is 4.63. The molecule has 0 spiro atoms. The van der Waals surface area contributed by atoms with Gasteiger partial charge in [0, 0.05) is 0 Å². The molecule has 7 atom stereocenters. The maximum absolute atomic E-state index is 6.99. The third-order valence-corrected chi connectivity index (χ3v) is 10.4. The highest BCUT2D eigenvalue weighted by atomic mass is 16.5. The second kappa shape index (κ2) is 9.59. The second-order valence-electron chi connectivity index (χ2n) is 12.4. The van der Waals surface area contributed by atoms with Crippen LogP contribution in [0, 0.1) is 47.0 Å². The SMILES string of the molecule is [C-]#[N+]CCO[C@H]1CC[C@@]2(C)C(=CCC3C2CC[C@@]2(C)C3CC[C@@H]2CCCCC(C)C)C1. The number of rotatable bonds is 8. The molecule has 4 aliphatic carbocycles. The van der Waals surface area contributed by atoms with Gasteiger partial charge < -0.3 is 9.58 Å². The molecule has 4 rings (SSSR count). The van der Waals surface area contributed by atoms with Crippen LogP contribution in [0.1, 0.15) is 105 Å². The average molecular weight is 426 g/mol. The van der Waals surface area contributed by atoms with E-state index in [1.807, 2.05) is 0 Å². The zero-order valence-electron chi connectivity index (χ0n) is 20.8. The lowest BCUT2D eigenvalue weighted by atomic mass is 9.47. The second-order valence-corrected chi connectivity index (χ2v) is 12.4. The van der Waals surface area contributed by atoms with Gasteiger partial charge in [0.05, 0.1) is 6.10 Å². The average Bonchev–Trinajstić information content (AvgIpc) is 3.08. The van der Waals surface area contributed by atoms with Crippen molar-refractivity contribution in [3.05, 3.63) is 23.1 Å². The fourth-order valence-corrected chi connectivity index (χ4v) is 8.56. The fraction of sp³-hybridized carbons (Fsp3) is 0.897. The Morgan fingerprint density at radius 1 is 1.10 bits per heavy atom. The van der Waals surface area contributed by atoms with Crippen molar-refractivity contribution in [3.8, 4) is 0 Å². The molecule has 3 fully saturated rings. The fourth-order valence-electron chi connectivity index (χ4n) is 8.56. The van der Waals surface area contributed by atoms with E-state index in [-0.39, 0.29) is 0 Å². The van der Waals surface area contributed by atoms with Crippen molar-refractivity contribution in [2.24, 2.45) is 40.4 Å². The number of allylic oxidation sites excluding steroid dienone is 1. The Kier molecular flexibility index (Phi) is 7.22. The van der Waals surface area contributed by atoms with E-state index in [9.17, 15) is 0 Å². The molecule has 3 saturated carbocycles. The first kappa shape index (κ1) is 23.4. The first-order chi connectivity index (χ1) is 14.9. The van der Waals surface area contributed by atoms with E-state index in [1.54, 1.807) is 5.57 Å². The number of nitrogens with zero attached hydrogens (tertiary/aromatic N) is 1. The summed E-state index contributed by atoms with van der Waals surface area (Å²) in [5, 5.41) is 0. The molecule has 0 aromatic carbocycles. The van der Waals surface area contributed by atoms with Crippen LogP contribution in [0.15, 0.2) is 11.6 Å². The zero-order chi connectivity index (χ0) is 22.1. The van der Waals surface area contributed by atoms with E-state index in [0.29, 0.717) is 30.1 Å². The van der Waals surface area contributed by atoms with Crippen LogP contribution >= 0.6 is 0 Å². The number of unbranched alkanes of at least 4 members (excludes halogenated alkanes) is 1. The molecule has 0 aromatic heterocycles. The van der Waals surface area contributed by atoms with Crippen LogP contribution in [0.2, 0.25) is 0 Å². The van der Waals surface area contributed by atoms with Crippen LogP contribution in [-0.4, -0.2) is 19.3 Å². The summed E-state index contributed by atoms with van der Waals surface area (Å²) >= 11 is 0. The van der Waals surface area contributed by atoms with Crippen molar-refractivity contribution >= 4 is 0 Å². The van der Waals surface area contributed by atoms with Gasteiger partial charge in [0.1, 0.15) is 6.61 Å². The van der Waals surface area contributed by atoms with Gasteiger partial charge in [0.15, 0.2) is 0 Å². The van der Waals surface area contributed by atoms with Crippen LogP contribution < -0.4 is 0 Å². The lowest BCUT2D eigenvalue weighted by molar-refractivity contribution is -0.0578. The van der Waals surface area contributed by atoms with E-state index in [2.05, 4.69) is 38.6 Å². The van der Waals surface area contributed by atoms with Gasteiger partial charge in [-0.3, -0.25) is 0 Å². The Morgan fingerprint density at radius 3 is 2.71 bits per heavy atom. The van der Waals surface area contributed by atoms with Crippen LogP contribution in [-0.2, 0) is 4.74 Å². The zero-order valence-corrected chi connectivity index (χ0v) is 20.8. The molecular formula is C29H47NO. The first-order valence-corrected chi connectivity index (χ1v) is 13.5. The molecular weight excluding hydrogens is 378 g/mol. The predicted molar refractivity (Wildman–Crippen MR) is 130 cm³/mol. The lowest BCUT2D eigenvalue weighted by Gasteiger charge is -2.58. The van der Waals surface area contributed by atoms with E-state index < -0.39 is 0 Å². The van der Waals surface area contributed by atoms with E-state index in [4.69, 9.17) is 11.3 Å². The normalized spacial score (nSPS) is 41.8. The summed E-state index contributed by atoms with van der Waals surface area (Å²) < 4.78 is 6.06. The van der Waals surface area contributed by atoms with Gasteiger partial charge in [0.25, 0.3) is 0 Å². The number of hydrogen-bond donors (Lipinski definition) is 0. The molecule has 0 N–H and O–H groups in total. The quantitative estimate of drug-likeness (QED) is 0.218. The third-order valence-electron chi connectivity index (χ3n) is 10.4. The number of fused-ring (bicyclic) bond motifs is 5. The minimum absolute atomic E-state index is 0.355. The topological polar surface area (TPSA) is 13.6 Å². The summed E-state index contributed by atoms with van der Waals surface area (Å²) in [6.07, 6.45) is 19.7. The molecule has 0 aliphatic heterocycles. The molecule has 0 aromatic rings. The molecule has 0 saturated heterocycles. The molecule has 0 radical (unpaired) electrons. The van der Waals surface area contributed by atoms with Crippen molar-refractivity contribution in [1.82, 2.24) is 0 Å². The molecule has 2 nitrogen and oxygen atoms in total. The maximum atomic E-state index is 6.99. The van der Waals surface area contributed by atoms with Crippen molar-refractivity contribution in [1.29, 1.82) is 0 Å². The molecule has 0 heterocycles.